The number of aryl methyl sites for hydroxylation is 1. The van der Waals surface area contributed by atoms with Crippen LogP contribution in [-0.2, 0) is 19.6 Å². The first-order valence-electron chi connectivity index (χ1n) is 7.55. The van der Waals surface area contributed by atoms with Gasteiger partial charge in [-0.3, -0.25) is 4.72 Å². The molecule has 0 saturated heterocycles. The summed E-state index contributed by atoms with van der Waals surface area (Å²) < 4.78 is 45.0. The molecule has 7 heteroatoms. The van der Waals surface area contributed by atoms with E-state index in [1.165, 1.54) is 36.4 Å². The van der Waals surface area contributed by atoms with Gasteiger partial charge in [0.1, 0.15) is 5.82 Å². The summed E-state index contributed by atoms with van der Waals surface area (Å²) in [5.74, 6) is -1.17. The number of esters is 1. The highest BCUT2D eigenvalue weighted by atomic mass is 32.2. The molecule has 0 aromatic heterocycles. The zero-order chi connectivity index (χ0) is 18.4. The molecule has 0 saturated carbocycles. The van der Waals surface area contributed by atoms with Crippen molar-refractivity contribution < 1.29 is 22.3 Å². The number of rotatable bonds is 6. The van der Waals surface area contributed by atoms with Crippen LogP contribution in [0.15, 0.2) is 59.6 Å². The topological polar surface area (TPSA) is 72.5 Å². The van der Waals surface area contributed by atoms with Gasteiger partial charge in [0, 0.05) is 6.20 Å². The highest BCUT2D eigenvalue weighted by Gasteiger charge is 2.17. The number of halogens is 1. The number of ether oxygens (including phenoxy) is 1. The minimum absolute atomic E-state index is 0.0162. The van der Waals surface area contributed by atoms with Crippen molar-refractivity contribution in [2.45, 2.75) is 18.7 Å². The van der Waals surface area contributed by atoms with Gasteiger partial charge in [-0.2, -0.15) is 0 Å². The van der Waals surface area contributed by atoms with Crippen molar-refractivity contribution in [3.63, 3.8) is 0 Å². The van der Waals surface area contributed by atoms with Crippen molar-refractivity contribution >= 4 is 21.6 Å². The van der Waals surface area contributed by atoms with E-state index in [1.54, 1.807) is 19.1 Å². The van der Waals surface area contributed by atoms with Gasteiger partial charge in [0.25, 0.3) is 10.0 Å². The molecule has 0 fully saturated rings. The van der Waals surface area contributed by atoms with Crippen LogP contribution < -0.4 is 4.72 Å². The van der Waals surface area contributed by atoms with E-state index < -0.39 is 21.8 Å². The molecule has 0 atom stereocenters. The van der Waals surface area contributed by atoms with Crippen LogP contribution in [-0.4, -0.2) is 21.0 Å². The Balaban J connectivity index is 2.35. The number of hydrogen-bond donors (Lipinski definition) is 1. The largest absolute Gasteiger partial charge is 0.462 e. The van der Waals surface area contributed by atoms with Gasteiger partial charge in [-0.1, -0.05) is 29.8 Å². The van der Waals surface area contributed by atoms with Crippen molar-refractivity contribution in [2.75, 3.05) is 6.61 Å². The Labute approximate surface area is 146 Å². The third-order valence-corrected chi connectivity index (χ3v) is 4.66. The van der Waals surface area contributed by atoms with Gasteiger partial charge in [-0.25, -0.2) is 17.6 Å². The monoisotopic (exact) mass is 363 g/mol. The van der Waals surface area contributed by atoms with E-state index in [2.05, 4.69) is 4.72 Å². The summed E-state index contributed by atoms with van der Waals surface area (Å²) in [5.41, 5.74) is 1.25. The van der Waals surface area contributed by atoms with Gasteiger partial charge in [-0.05, 0) is 43.7 Å². The molecule has 0 radical (unpaired) electrons. The fourth-order valence-electron chi connectivity index (χ4n) is 2.02. The van der Waals surface area contributed by atoms with Crippen LogP contribution in [0.3, 0.4) is 0 Å². The number of carbonyl (C=O) groups excluding carboxylic acids is 1. The Hall–Kier alpha value is -2.67. The fourth-order valence-corrected chi connectivity index (χ4v) is 2.92. The zero-order valence-electron chi connectivity index (χ0n) is 13.8. The molecule has 25 heavy (non-hydrogen) atoms. The lowest BCUT2D eigenvalue weighted by Gasteiger charge is -2.09. The van der Waals surface area contributed by atoms with E-state index in [9.17, 15) is 17.6 Å². The average molecular weight is 363 g/mol. The Morgan fingerprint density at radius 2 is 1.72 bits per heavy atom. The molecule has 2 aromatic carbocycles. The van der Waals surface area contributed by atoms with Gasteiger partial charge in [-0.15, -0.1) is 0 Å². The lowest BCUT2D eigenvalue weighted by molar-refractivity contribution is -0.136. The Morgan fingerprint density at radius 1 is 1.12 bits per heavy atom. The van der Waals surface area contributed by atoms with Crippen LogP contribution in [0.2, 0.25) is 0 Å². The maximum atomic E-state index is 13.1. The second-order valence-corrected chi connectivity index (χ2v) is 6.93. The van der Waals surface area contributed by atoms with Crippen molar-refractivity contribution in [3.8, 4) is 0 Å². The lowest BCUT2D eigenvalue weighted by Crippen LogP contribution is -2.20. The Morgan fingerprint density at radius 3 is 2.28 bits per heavy atom. The SMILES string of the molecule is CCOC(=O)/C(=C\NS(=O)(=O)c1ccc(C)cc1)c1ccc(F)cc1. The number of sulfonamides is 1. The van der Waals surface area contributed by atoms with Gasteiger partial charge in [0.05, 0.1) is 17.1 Å². The minimum Gasteiger partial charge on any atom is -0.462 e. The maximum absolute atomic E-state index is 13.1. The average Bonchev–Trinajstić information content (AvgIpc) is 2.57. The molecule has 0 spiro atoms. The van der Waals surface area contributed by atoms with Gasteiger partial charge in [0.2, 0.25) is 0 Å². The first kappa shape index (κ1) is 18.7. The van der Waals surface area contributed by atoms with Crippen LogP contribution >= 0.6 is 0 Å². The summed E-state index contributed by atoms with van der Waals surface area (Å²) >= 11 is 0. The standard InChI is InChI=1S/C18H18FNO4S/c1-3-24-18(21)17(14-6-8-15(19)9-7-14)12-20-25(22,23)16-10-4-13(2)5-11-16/h4-12,20H,3H2,1-2H3/b17-12-. The van der Waals surface area contributed by atoms with Gasteiger partial charge >= 0.3 is 5.97 Å². The predicted molar refractivity (Wildman–Crippen MR) is 92.5 cm³/mol. The minimum atomic E-state index is -3.84. The molecule has 132 valence electrons. The van der Waals surface area contributed by atoms with E-state index in [4.69, 9.17) is 4.74 Å². The summed E-state index contributed by atoms with van der Waals surface area (Å²) in [6, 6.07) is 11.4. The first-order valence-corrected chi connectivity index (χ1v) is 9.04. The van der Waals surface area contributed by atoms with Crippen LogP contribution in [0.5, 0.6) is 0 Å². The number of benzene rings is 2. The normalized spacial score (nSPS) is 11.9. The molecular formula is C18H18FNO4S. The highest BCUT2D eigenvalue weighted by Crippen LogP contribution is 2.17. The number of hydrogen-bond acceptors (Lipinski definition) is 4. The van der Waals surface area contributed by atoms with E-state index in [0.717, 1.165) is 11.8 Å². The molecule has 0 unspecified atom stereocenters. The number of nitrogens with one attached hydrogen (secondary N) is 1. The quantitative estimate of drug-likeness (QED) is 0.632. The third kappa shape index (κ3) is 4.90. The third-order valence-electron chi connectivity index (χ3n) is 3.34. The summed E-state index contributed by atoms with van der Waals surface area (Å²) in [6.07, 6.45) is 1.06. The first-order chi connectivity index (χ1) is 11.8. The molecule has 0 bridgehead atoms. The lowest BCUT2D eigenvalue weighted by atomic mass is 10.1. The maximum Gasteiger partial charge on any atom is 0.340 e. The predicted octanol–water partition coefficient (Wildman–Crippen LogP) is 3.02. The molecule has 2 rings (SSSR count). The smallest absolute Gasteiger partial charge is 0.340 e. The molecule has 1 N–H and O–H groups in total. The molecule has 0 aliphatic rings. The molecular weight excluding hydrogens is 345 g/mol. The van der Waals surface area contributed by atoms with Gasteiger partial charge < -0.3 is 4.74 Å². The van der Waals surface area contributed by atoms with Crippen molar-refractivity contribution in [3.05, 3.63) is 71.7 Å². The zero-order valence-corrected chi connectivity index (χ0v) is 14.6. The molecule has 0 aliphatic heterocycles. The van der Waals surface area contributed by atoms with Crippen LogP contribution in [0, 0.1) is 12.7 Å². The van der Waals surface area contributed by atoms with Crippen LogP contribution in [0.25, 0.3) is 5.57 Å². The molecule has 0 aliphatic carbocycles. The van der Waals surface area contributed by atoms with Crippen molar-refractivity contribution in [2.24, 2.45) is 0 Å². The van der Waals surface area contributed by atoms with E-state index in [0.29, 0.717) is 5.56 Å². The number of carbonyl (C=O) groups is 1. The van der Waals surface area contributed by atoms with Crippen LogP contribution in [0.4, 0.5) is 4.39 Å². The van der Waals surface area contributed by atoms with Crippen molar-refractivity contribution in [1.29, 1.82) is 0 Å². The summed E-state index contributed by atoms with van der Waals surface area (Å²) in [6.45, 7) is 3.61. The molecule has 5 nitrogen and oxygen atoms in total. The summed E-state index contributed by atoms with van der Waals surface area (Å²) in [5, 5.41) is 0. The van der Waals surface area contributed by atoms with E-state index in [1.807, 2.05) is 6.92 Å². The second-order valence-electron chi connectivity index (χ2n) is 5.22. The molecule has 2 aromatic rings. The second kappa shape index (κ2) is 7.94. The Bertz CT molecular complexity index is 872. The van der Waals surface area contributed by atoms with Crippen molar-refractivity contribution in [1.82, 2.24) is 4.72 Å². The summed E-state index contributed by atoms with van der Waals surface area (Å²) in [7, 11) is -3.84. The molecule has 0 amide bonds. The van der Waals surface area contributed by atoms with Gasteiger partial charge in [0.15, 0.2) is 0 Å². The van der Waals surface area contributed by atoms with E-state index in [-0.39, 0.29) is 17.1 Å². The van der Waals surface area contributed by atoms with E-state index >= 15 is 0 Å². The molecule has 0 heterocycles. The summed E-state index contributed by atoms with van der Waals surface area (Å²) in [4.78, 5) is 12.2. The fraction of sp³-hybridized carbons (Fsp3) is 0.167. The highest BCUT2D eigenvalue weighted by molar-refractivity contribution is 7.89. The van der Waals surface area contributed by atoms with Crippen LogP contribution in [0.1, 0.15) is 18.1 Å². The Kier molecular flexibility index (Phi) is 5.93.